The van der Waals surface area contributed by atoms with E-state index in [1.165, 1.54) is 6.92 Å². The average Bonchev–Trinajstić information content (AvgIpc) is 2.39. The summed E-state index contributed by atoms with van der Waals surface area (Å²) in [6.07, 6.45) is -0.00772. The molecule has 0 aromatic rings. The van der Waals surface area contributed by atoms with Crippen LogP contribution in [0.1, 0.15) is 13.3 Å². The molecule has 1 rings (SSSR count). The number of alkyl halides is 1. The summed E-state index contributed by atoms with van der Waals surface area (Å²) in [5.41, 5.74) is -1.29. The number of hydrogen-bond donors (Lipinski definition) is 2. The first-order valence-corrected chi connectivity index (χ1v) is 3.38. The Hall–Kier alpha value is -0.770. The lowest BCUT2D eigenvalue weighted by molar-refractivity contribution is -0.147. The summed E-state index contributed by atoms with van der Waals surface area (Å²) in [5.74, 6) is -2.42. The zero-order chi connectivity index (χ0) is 8.86. The molecule has 2 atom stereocenters. The highest BCUT2D eigenvalue weighted by Gasteiger charge is 2.74. The van der Waals surface area contributed by atoms with E-state index in [0.29, 0.717) is 0 Å². The van der Waals surface area contributed by atoms with Gasteiger partial charge in [-0.15, -0.1) is 11.6 Å². The third-order valence-electron chi connectivity index (χ3n) is 2.16. The van der Waals surface area contributed by atoms with Crippen molar-refractivity contribution in [1.82, 2.24) is 0 Å². The van der Waals surface area contributed by atoms with Gasteiger partial charge in [-0.3, -0.25) is 9.59 Å². The van der Waals surface area contributed by atoms with Crippen molar-refractivity contribution in [3.05, 3.63) is 0 Å². The highest BCUT2D eigenvalue weighted by molar-refractivity contribution is 6.39. The van der Waals surface area contributed by atoms with Crippen molar-refractivity contribution in [2.45, 2.75) is 18.2 Å². The van der Waals surface area contributed by atoms with Crippen LogP contribution in [-0.2, 0) is 9.59 Å². The molecule has 1 aliphatic carbocycles. The van der Waals surface area contributed by atoms with Crippen LogP contribution in [0.5, 0.6) is 0 Å². The first-order chi connectivity index (χ1) is 4.84. The summed E-state index contributed by atoms with van der Waals surface area (Å²) in [6.45, 7) is 1.33. The first kappa shape index (κ1) is 8.33. The van der Waals surface area contributed by atoms with Gasteiger partial charge >= 0.3 is 11.9 Å². The van der Waals surface area contributed by atoms with Gasteiger partial charge < -0.3 is 10.2 Å². The van der Waals surface area contributed by atoms with Gasteiger partial charge in [-0.05, 0) is 13.3 Å². The van der Waals surface area contributed by atoms with Gasteiger partial charge in [0, 0.05) is 0 Å². The highest BCUT2D eigenvalue weighted by atomic mass is 35.5. The number of halogens is 1. The third-order valence-corrected chi connectivity index (χ3v) is 2.87. The van der Waals surface area contributed by atoms with Gasteiger partial charge in [0.1, 0.15) is 0 Å². The molecule has 0 spiro atoms. The predicted molar refractivity (Wildman–Crippen MR) is 36.6 cm³/mol. The quantitative estimate of drug-likeness (QED) is 0.606. The number of carbonyl (C=O) groups is 2. The Morgan fingerprint density at radius 3 is 1.91 bits per heavy atom. The molecule has 11 heavy (non-hydrogen) atoms. The smallest absolute Gasteiger partial charge is 0.325 e. The molecule has 1 aliphatic rings. The summed E-state index contributed by atoms with van der Waals surface area (Å²) >= 11 is 5.50. The molecule has 5 heteroatoms. The molecule has 0 saturated heterocycles. The summed E-state index contributed by atoms with van der Waals surface area (Å²) in [7, 11) is 0. The van der Waals surface area contributed by atoms with E-state index < -0.39 is 22.2 Å². The molecule has 0 aliphatic heterocycles. The van der Waals surface area contributed by atoms with E-state index in [-0.39, 0.29) is 6.42 Å². The number of hydrogen-bond acceptors (Lipinski definition) is 2. The van der Waals surface area contributed by atoms with Crippen LogP contribution in [0, 0.1) is 5.41 Å². The van der Waals surface area contributed by atoms with Crippen LogP contribution in [0.2, 0.25) is 0 Å². The van der Waals surface area contributed by atoms with E-state index in [1.807, 2.05) is 0 Å². The summed E-state index contributed by atoms with van der Waals surface area (Å²) in [4.78, 5) is 19.3. The second-order valence-corrected chi connectivity index (χ2v) is 3.57. The van der Waals surface area contributed by atoms with Gasteiger partial charge in [0.25, 0.3) is 0 Å². The van der Waals surface area contributed by atoms with Gasteiger partial charge in [0.05, 0.1) is 5.41 Å². The Labute approximate surface area is 67.8 Å². The van der Waals surface area contributed by atoms with Crippen LogP contribution in [0.15, 0.2) is 0 Å². The lowest BCUT2D eigenvalue weighted by atomic mass is 10.1. The Morgan fingerprint density at radius 1 is 1.36 bits per heavy atom. The van der Waals surface area contributed by atoms with Crippen molar-refractivity contribution in [3.8, 4) is 0 Å². The number of aliphatic carboxylic acids is 2. The second kappa shape index (κ2) is 1.88. The Balaban J connectivity index is 2.87. The number of carboxylic acids is 2. The van der Waals surface area contributed by atoms with Crippen LogP contribution in [0.25, 0.3) is 0 Å². The van der Waals surface area contributed by atoms with Crippen molar-refractivity contribution in [2.75, 3.05) is 0 Å². The van der Waals surface area contributed by atoms with Crippen molar-refractivity contribution in [1.29, 1.82) is 0 Å². The van der Waals surface area contributed by atoms with Crippen LogP contribution in [0.4, 0.5) is 0 Å². The van der Waals surface area contributed by atoms with Gasteiger partial charge in [-0.2, -0.15) is 0 Å². The molecular formula is C6H7ClO4. The largest absolute Gasteiger partial charge is 0.481 e. The molecule has 0 aromatic heterocycles. The van der Waals surface area contributed by atoms with Crippen LogP contribution < -0.4 is 0 Å². The minimum atomic E-state index is -1.58. The molecule has 62 valence electrons. The highest BCUT2D eigenvalue weighted by Crippen LogP contribution is 2.61. The zero-order valence-corrected chi connectivity index (χ0v) is 6.55. The van der Waals surface area contributed by atoms with E-state index >= 15 is 0 Å². The fraction of sp³-hybridized carbons (Fsp3) is 0.667. The molecule has 1 saturated carbocycles. The van der Waals surface area contributed by atoms with Crippen LogP contribution >= 0.6 is 11.6 Å². The Bertz CT molecular complexity index is 215. The molecule has 0 radical (unpaired) electrons. The molecule has 0 unspecified atom stereocenters. The lowest BCUT2D eigenvalue weighted by Gasteiger charge is -2.06. The predicted octanol–water partition coefficient (Wildman–Crippen LogP) is 0.543. The molecule has 1 fully saturated rings. The van der Waals surface area contributed by atoms with Crippen molar-refractivity contribution in [3.63, 3.8) is 0 Å². The summed E-state index contributed by atoms with van der Waals surface area (Å²) in [5, 5.41) is 17.1. The molecule has 0 bridgehead atoms. The average molecular weight is 179 g/mol. The van der Waals surface area contributed by atoms with Crippen molar-refractivity contribution in [2.24, 2.45) is 5.41 Å². The topological polar surface area (TPSA) is 74.6 Å². The SMILES string of the molecule is C[C@@]1(C(=O)O)C[C@@]1(Cl)C(=O)O. The lowest BCUT2D eigenvalue weighted by Crippen LogP contribution is -2.27. The first-order valence-electron chi connectivity index (χ1n) is 3.00. The van der Waals surface area contributed by atoms with Crippen LogP contribution in [-0.4, -0.2) is 27.0 Å². The molecule has 2 N–H and O–H groups in total. The minimum Gasteiger partial charge on any atom is -0.481 e. The summed E-state index contributed by atoms with van der Waals surface area (Å²) in [6, 6.07) is 0. The van der Waals surface area contributed by atoms with Gasteiger partial charge in [-0.25, -0.2) is 0 Å². The van der Waals surface area contributed by atoms with E-state index in [4.69, 9.17) is 21.8 Å². The zero-order valence-electron chi connectivity index (χ0n) is 5.80. The maximum Gasteiger partial charge on any atom is 0.325 e. The fourth-order valence-electron chi connectivity index (χ4n) is 1.000. The molecule has 0 amide bonds. The Kier molecular flexibility index (Phi) is 1.42. The minimum absolute atomic E-state index is 0.00772. The van der Waals surface area contributed by atoms with Gasteiger partial charge in [0.15, 0.2) is 4.87 Å². The van der Waals surface area contributed by atoms with E-state index in [1.54, 1.807) is 0 Å². The standard InChI is InChI=1S/C6H7ClO4/c1-5(3(8)9)2-6(5,7)4(10)11/h2H2,1H3,(H,8,9)(H,10,11)/t5-,6+/m0/s1. The summed E-state index contributed by atoms with van der Waals surface area (Å²) < 4.78 is 0. The van der Waals surface area contributed by atoms with E-state index in [0.717, 1.165) is 0 Å². The number of carboxylic acid groups (broad SMARTS) is 2. The molecule has 0 heterocycles. The molecule has 4 nitrogen and oxygen atoms in total. The normalized spacial score (nSPS) is 41.6. The molecular weight excluding hydrogens is 172 g/mol. The third kappa shape index (κ3) is 0.822. The number of rotatable bonds is 2. The monoisotopic (exact) mass is 178 g/mol. The maximum absolute atomic E-state index is 10.5. The van der Waals surface area contributed by atoms with E-state index in [9.17, 15) is 9.59 Å². The van der Waals surface area contributed by atoms with Crippen molar-refractivity contribution >= 4 is 23.5 Å². The Morgan fingerprint density at radius 2 is 1.82 bits per heavy atom. The van der Waals surface area contributed by atoms with Crippen LogP contribution in [0.3, 0.4) is 0 Å². The van der Waals surface area contributed by atoms with Gasteiger partial charge in [0.2, 0.25) is 0 Å². The van der Waals surface area contributed by atoms with Crippen molar-refractivity contribution < 1.29 is 19.8 Å². The fourth-order valence-corrected chi connectivity index (χ4v) is 1.35. The maximum atomic E-state index is 10.5. The van der Waals surface area contributed by atoms with E-state index in [2.05, 4.69) is 0 Å². The second-order valence-electron chi connectivity index (χ2n) is 2.92. The van der Waals surface area contributed by atoms with Gasteiger partial charge in [-0.1, -0.05) is 0 Å². The molecule has 0 aromatic carbocycles.